The molecule has 0 saturated heterocycles. The lowest BCUT2D eigenvalue weighted by molar-refractivity contribution is 0.0969. The summed E-state index contributed by atoms with van der Waals surface area (Å²) in [7, 11) is 1.53. The van der Waals surface area contributed by atoms with Crippen LogP contribution in [-0.2, 0) is 0 Å². The van der Waals surface area contributed by atoms with E-state index in [2.05, 4.69) is 5.16 Å². The van der Waals surface area contributed by atoms with Crippen molar-refractivity contribution in [2.45, 2.75) is 19.9 Å². The Bertz CT molecular complexity index is 1460. The number of benzene rings is 2. The number of hydrogen-bond acceptors (Lipinski definition) is 7. The van der Waals surface area contributed by atoms with Gasteiger partial charge >= 0.3 is 0 Å². The molecule has 9 heteroatoms. The summed E-state index contributed by atoms with van der Waals surface area (Å²) < 4.78 is 22.2. The maximum Gasteiger partial charge on any atom is 0.296 e. The topological polar surface area (TPSA) is 95.0 Å². The van der Waals surface area contributed by atoms with Gasteiger partial charge in [0.2, 0.25) is 5.76 Å². The fraction of sp³-hybridized carbons (Fsp3) is 0.208. The SMILES string of the molecule is CCOc1ccc([C@H]2c3c(oc4ccc(Cl)cc4c3=O)C(=O)N2c2cc(C)on2)cc1OC. The average Bonchev–Trinajstić information content (AvgIpc) is 3.36. The van der Waals surface area contributed by atoms with Crippen molar-refractivity contribution >= 4 is 34.3 Å². The van der Waals surface area contributed by atoms with Gasteiger partial charge in [0.15, 0.2) is 22.7 Å². The van der Waals surface area contributed by atoms with Gasteiger partial charge in [-0.25, -0.2) is 0 Å². The maximum atomic E-state index is 13.6. The molecule has 1 aliphatic heterocycles. The monoisotopic (exact) mass is 466 g/mol. The number of aryl methyl sites for hydroxylation is 1. The number of ether oxygens (including phenoxy) is 2. The molecule has 0 N–H and O–H groups in total. The predicted octanol–water partition coefficient (Wildman–Crippen LogP) is 4.90. The molecule has 0 bridgehead atoms. The number of rotatable bonds is 5. The molecule has 0 radical (unpaired) electrons. The van der Waals surface area contributed by atoms with E-state index in [1.54, 1.807) is 43.3 Å². The molecule has 0 aliphatic carbocycles. The second kappa shape index (κ2) is 7.97. The standard InChI is InChI=1S/C24H19ClN2O6/c1-4-31-17-7-5-13(10-18(17)30-3)21-20-22(28)15-11-14(25)6-8-16(15)32-23(20)24(29)27(21)19-9-12(2)33-26-19/h5-11,21H,4H2,1-3H3/t21-/m0/s1. The van der Waals surface area contributed by atoms with E-state index in [1.165, 1.54) is 18.1 Å². The average molecular weight is 467 g/mol. The number of aromatic nitrogens is 1. The van der Waals surface area contributed by atoms with Crippen LogP contribution >= 0.6 is 11.6 Å². The second-order valence-electron chi connectivity index (χ2n) is 7.53. The highest BCUT2D eigenvalue weighted by atomic mass is 35.5. The van der Waals surface area contributed by atoms with E-state index < -0.39 is 11.9 Å². The highest BCUT2D eigenvalue weighted by Crippen LogP contribution is 2.43. The molecule has 0 unspecified atom stereocenters. The molecule has 1 atom stereocenters. The Kier molecular flexibility index (Phi) is 5.09. The van der Waals surface area contributed by atoms with Crippen LogP contribution in [0.3, 0.4) is 0 Å². The highest BCUT2D eigenvalue weighted by Gasteiger charge is 2.45. The van der Waals surface area contributed by atoms with E-state index in [0.717, 1.165) is 0 Å². The first-order valence-corrected chi connectivity index (χ1v) is 10.6. The van der Waals surface area contributed by atoms with Crippen LogP contribution in [0.5, 0.6) is 11.5 Å². The van der Waals surface area contributed by atoms with Gasteiger partial charge in [0.1, 0.15) is 11.3 Å². The van der Waals surface area contributed by atoms with Crippen molar-refractivity contribution < 1.29 is 23.2 Å². The molecule has 1 amide bonds. The summed E-state index contributed by atoms with van der Waals surface area (Å²) in [4.78, 5) is 28.5. The number of carbonyl (C=O) groups excluding carboxylic acids is 1. The van der Waals surface area contributed by atoms with Crippen LogP contribution in [0.25, 0.3) is 11.0 Å². The highest BCUT2D eigenvalue weighted by molar-refractivity contribution is 6.31. The largest absolute Gasteiger partial charge is 0.493 e. The number of carbonyl (C=O) groups is 1. The van der Waals surface area contributed by atoms with Crippen LogP contribution in [-0.4, -0.2) is 24.8 Å². The van der Waals surface area contributed by atoms with Gasteiger partial charge in [-0.15, -0.1) is 0 Å². The van der Waals surface area contributed by atoms with Crippen molar-refractivity contribution in [1.29, 1.82) is 0 Å². The first-order chi connectivity index (χ1) is 15.9. The lowest BCUT2D eigenvalue weighted by Crippen LogP contribution is -2.29. The van der Waals surface area contributed by atoms with Crippen molar-refractivity contribution in [2.75, 3.05) is 18.6 Å². The fourth-order valence-corrected chi connectivity index (χ4v) is 4.26. The number of nitrogens with zero attached hydrogens (tertiary/aromatic N) is 2. The van der Waals surface area contributed by atoms with Gasteiger partial charge in [-0.2, -0.15) is 0 Å². The van der Waals surface area contributed by atoms with Gasteiger partial charge in [-0.1, -0.05) is 22.8 Å². The molecule has 3 heterocycles. The molecule has 4 aromatic rings. The first-order valence-electron chi connectivity index (χ1n) is 10.3. The Morgan fingerprint density at radius 2 is 1.94 bits per heavy atom. The number of halogens is 1. The van der Waals surface area contributed by atoms with Crippen molar-refractivity contribution in [1.82, 2.24) is 5.16 Å². The molecule has 0 saturated carbocycles. The Balaban J connectivity index is 1.79. The summed E-state index contributed by atoms with van der Waals surface area (Å²) in [5.41, 5.74) is 0.749. The van der Waals surface area contributed by atoms with Crippen LogP contribution in [0.4, 0.5) is 5.82 Å². The van der Waals surface area contributed by atoms with Crippen LogP contribution < -0.4 is 19.8 Å². The summed E-state index contributed by atoms with van der Waals surface area (Å²) in [5, 5.41) is 4.70. The summed E-state index contributed by atoms with van der Waals surface area (Å²) >= 11 is 6.13. The molecule has 2 aromatic heterocycles. The number of fused-ring (bicyclic) bond motifs is 2. The van der Waals surface area contributed by atoms with Crippen molar-refractivity contribution in [3.63, 3.8) is 0 Å². The molecular formula is C24H19ClN2O6. The number of amides is 1. The molecule has 0 fully saturated rings. The van der Waals surface area contributed by atoms with E-state index in [-0.39, 0.29) is 33.5 Å². The normalized spacial score (nSPS) is 15.2. The second-order valence-corrected chi connectivity index (χ2v) is 7.97. The van der Waals surface area contributed by atoms with Gasteiger partial charge in [0, 0.05) is 11.1 Å². The quantitative estimate of drug-likeness (QED) is 0.412. The third-order valence-corrected chi connectivity index (χ3v) is 5.73. The van der Waals surface area contributed by atoms with Gasteiger partial charge in [-0.05, 0) is 49.7 Å². The first kappa shape index (κ1) is 21.1. The Labute approximate surface area is 193 Å². The summed E-state index contributed by atoms with van der Waals surface area (Å²) in [6.07, 6.45) is 0. The number of anilines is 1. The molecule has 5 rings (SSSR count). The van der Waals surface area contributed by atoms with E-state index in [0.29, 0.717) is 34.5 Å². The number of methoxy groups -OCH3 is 1. The zero-order valence-corrected chi connectivity index (χ0v) is 18.8. The van der Waals surface area contributed by atoms with Gasteiger partial charge in [0.25, 0.3) is 5.91 Å². The van der Waals surface area contributed by atoms with Crippen LogP contribution in [0.15, 0.2) is 56.2 Å². The van der Waals surface area contributed by atoms with E-state index in [4.69, 9.17) is 30.0 Å². The van der Waals surface area contributed by atoms with Crippen LogP contribution in [0.1, 0.15) is 40.4 Å². The summed E-state index contributed by atoms with van der Waals surface area (Å²) in [6, 6.07) is 10.8. The zero-order chi connectivity index (χ0) is 23.3. The Hall–Kier alpha value is -3.78. The van der Waals surface area contributed by atoms with Crippen molar-refractivity contribution in [3.8, 4) is 11.5 Å². The summed E-state index contributed by atoms with van der Waals surface area (Å²) in [6.45, 7) is 4.05. The van der Waals surface area contributed by atoms with E-state index in [1.807, 2.05) is 6.92 Å². The van der Waals surface area contributed by atoms with E-state index in [9.17, 15) is 9.59 Å². The van der Waals surface area contributed by atoms with Gasteiger partial charge in [-0.3, -0.25) is 14.5 Å². The Morgan fingerprint density at radius 3 is 2.64 bits per heavy atom. The van der Waals surface area contributed by atoms with Gasteiger partial charge < -0.3 is 18.4 Å². The third kappa shape index (κ3) is 3.34. The lowest BCUT2D eigenvalue weighted by atomic mass is 9.98. The minimum absolute atomic E-state index is 0.0478. The molecule has 2 aromatic carbocycles. The van der Waals surface area contributed by atoms with Crippen LogP contribution in [0, 0.1) is 6.92 Å². The molecule has 168 valence electrons. The lowest BCUT2D eigenvalue weighted by Gasteiger charge is -2.23. The predicted molar refractivity (Wildman–Crippen MR) is 122 cm³/mol. The summed E-state index contributed by atoms with van der Waals surface area (Å²) in [5.74, 6) is 1.27. The van der Waals surface area contributed by atoms with Gasteiger partial charge in [0.05, 0.1) is 30.7 Å². The van der Waals surface area contributed by atoms with Crippen molar-refractivity contribution in [3.05, 3.63) is 80.4 Å². The molecule has 8 nitrogen and oxygen atoms in total. The minimum Gasteiger partial charge on any atom is -0.493 e. The van der Waals surface area contributed by atoms with E-state index >= 15 is 0 Å². The fourth-order valence-electron chi connectivity index (χ4n) is 4.09. The Morgan fingerprint density at radius 1 is 1.12 bits per heavy atom. The molecule has 1 aliphatic rings. The molecular weight excluding hydrogens is 448 g/mol. The molecule has 0 spiro atoms. The van der Waals surface area contributed by atoms with Crippen molar-refractivity contribution in [2.24, 2.45) is 0 Å². The smallest absolute Gasteiger partial charge is 0.296 e. The minimum atomic E-state index is -0.818. The zero-order valence-electron chi connectivity index (χ0n) is 18.0. The van der Waals surface area contributed by atoms with Crippen LogP contribution in [0.2, 0.25) is 5.02 Å². The molecule has 33 heavy (non-hydrogen) atoms. The third-order valence-electron chi connectivity index (χ3n) is 5.50. The number of hydrogen-bond donors (Lipinski definition) is 0. The maximum absolute atomic E-state index is 13.6.